The lowest BCUT2D eigenvalue weighted by atomic mass is 9.74. The fraction of sp³-hybridized carbons (Fsp3) is 0.375. The van der Waals surface area contributed by atoms with Gasteiger partial charge in [-0.25, -0.2) is 0 Å². The lowest BCUT2D eigenvalue weighted by Gasteiger charge is -2.37. The van der Waals surface area contributed by atoms with Crippen molar-refractivity contribution in [2.24, 2.45) is 11.1 Å². The van der Waals surface area contributed by atoms with Crippen LogP contribution < -0.4 is 11.1 Å². The Morgan fingerprint density at radius 3 is 2.55 bits per heavy atom. The van der Waals surface area contributed by atoms with Gasteiger partial charge in [0.05, 0.1) is 5.41 Å². The van der Waals surface area contributed by atoms with Crippen LogP contribution in [0.15, 0.2) is 36.7 Å². The fourth-order valence-corrected chi connectivity index (χ4v) is 1.80. The van der Waals surface area contributed by atoms with Crippen molar-refractivity contribution in [2.45, 2.75) is 33.2 Å². The topological polar surface area (TPSA) is 68.0 Å². The summed E-state index contributed by atoms with van der Waals surface area (Å²) in [6.45, 7) is 7.43. The van der Waals surface area contributed by atoms with E-state index in [1.54, 1.807) is 12.4 Å². The summed E-state index contributed by atoms with van der Waals surface area (Å²) < 4.78 is 0. The molecule has 3 N–H and O–H groups in total. The molecule has 4 nitrogen and oxygen atoms in total. The molecule has 1 aromatic heterocycles. The number of carbonyl (C=O) groups is 1. The second-order valence-electron chi connectivity index (χ2n) is 6.20. The van der Waals surface area contributed by atoms with Gasteiger partial charge in [-0.1, -0.05) is 12.1 Å². The standard InChI is InChI=1S/C16H21N3O/c1-15(2,16(3,4)17)14(20)19-13-7-5-6-11-10-18-9-8-12(11)13/h5-10H,17H2,1-4H3,(H,19,20). The third kappa shape index (κ3) is 2.51. The molecule has 0 spiro atoms. The molecule has 0 saturated carbocycles. The molecular formula is C16H21N3O. The van der Waals surface area contributed by atoms with Crippen molar-refractivity contribution in [1.29, 1.82) is 0 Å². The van der Waals surface area contributed by atoms with Crippen LogP contribution >= 0.6 is 0 Å². The lowest BCUT2D eigenvalue weighted by Crippen LogP contribution is -2.53. The van der Waals surface area contributed by atoms with Crippen molar-refractivity contribution in [3.63, 3.8) is 0 Å². The molecule has 0 bridgehead atoms. The number of pyridine rings is 1. The molecule has 20 heavy (non-hydrogen) atoms. The minimum absolute atomic E-state index is 0.0886. The van der Waals surface area contributed by atoms with Gasteiger partial charge in [0.15, 0.2) is 0 Å². The zero-order valence-corrected chi connectivity index (χ0v) is 12.4. The van der Waals surface area contributed by atoms with Gasteiger partial charge in [0.2, 0.25) is 5.91 Å². The normalized spacial score (nSPS) is 12.4. The van der Waals surface area contributed by atoms with Gasteiger partial charge >= 0.3 is 0 Å². The van der Waals surface area contributed by atoms with Gasteiger partial charge in [-0.2, -0.15) is 0 Å². The molecule has 2 rings (SSSR count). The van der Waals surface area contributed by atoms with Crippen LogP contribution in [0.2, 0.25) is 0 Å². The molecule has 0 aliphatic carbocycles. The van der Waals surface area contributed by atoms with Gasteiger partial charge < -0.3 is 11.1 Å². The van der Waals surface area contributed by atoms with E-state index >= 15 is 0 Å². The average molecular weight is 271 g/mol. The van der Waals surface area contributed by atoms with Crippen LogP contribution in [-0.2, 0) is 4.79 Å². The van der Waals surface area contributed by atoms with Crippen LogP contribution in [0.5, 0.6) is 0 Å². The van der Waals surface area contributed by atoms with Crippen LogP contribution in [0, 0.1) is 5.41 Å². The van der Waals surface area contributed by atoms with Crippen LogP contribution in [0.1, 0.15) is 27.7 Å². The summed E-state index contributed by atoms with van der Waals surface area (Å²) in [5.41, 5.74) is 5.61. The molecule has 0 atom stereocenters. The third-order valence-electron chi connectivity index (χ3n) is 4.11. The molecule has 0 saturated heterocycles. The van der Waals surface area contributed by atoms with Gasteiger partial charge in [-0.15, -0.1) is 0 Å². The predicted octanol–water partition coefficient (Wildman–Crippen LogP) is 2.94. The highest BCUT2D eigenvalue weighted by atomic mass is 16.2. The first kappa shape index (κ1) is 14.5. The monoisotopic (exact) mass is 271 g/mol. The smallest absolute Gasteiger partial charge is 0.231 e. The van der Waals surface area contributed by atoms with Crippen molar-refractivity contribution in [2.75, 3.05) is 5.32 Å². The van der Waals surface area contributed by atoms with E-state index in [0.717, 1.165) is 16.5 Å². The van der Waals surface area contributed by atoms with Gasteiger partial charge in [0, 0.05) is 34.4 Å². The number of nitrogens with two attached hydrogens (primary N) is 1. The van der Waals surface area contributed by atoms with E-state index in [1.165, 1.54) is 0 Å². The largest absolute Gasteiger partial charge is 0.325 e. The van der Waals surface area contributed by atoms with Crippen LogP contribution in [-0.4, -0.2) is 16.4 Å². The number of benzene rings is 1. The Hall–Kier alpha value is -1.94. The molecule has 1 heterocycles. The Bertz CT molecular complexity index is 636. The van der Waals surface area contributed by atoms with Crippen LogP contribution in [0.3, 0.4) is 0 Å². The number of rotatable bonds is 3. The molecule has 1 amide bonds. The van der Waals surface area contributed by atoms with E-state index in [4.69, 9.17) is 5.73 Å². The highest BCUT2D eigenvalue weighted by molar-refractivity contribution is 6.03. The molecule has 0 aliphatic rings. The maximum atomic E-state index is 12.5. The Morgan fingerprint density at radius 2 is 1.90 bits per heavy atom. The maximum absolute atomic E-state index is 12.5. The first-order valence-corrected chi connectivity index (χ1v) is 6.66. The second-order valence-corrected chi connectivity index (χ2v) is 6.20. The van der Waals surface area contributed by atoms with E-state index in [-0.39, 0.29) is 5.91 Å². The molecule has 1 aromatic carbocycles. The Kier molecular flexibility index (Phi) is 3.52. The number of nitrogens with one attached hydrogen (secondary N) is 1. The quantitative estimate of drug-likeness (QED) is 0.901. The zero-order valence-electron chi connectivity index (χ0n) is 12.4. The average Bonchev–Trinajstić information content (AvgIpc) is 2.37. The van der Waals surface area contributed by atoms with E-state index in [0.29, 0.717) is 0 Å². The third-order valence-corrected chi connectivity index (χ3v) is 4.11. The molecule has 0 unspecified atom stereocenters. The Labute approximate surface area is 119 Å². The molecule has 0 fully saturated rings. The number of nitrogens with zero attached hydrogens (tertiary/aromatic N) is 1. The van der Waals surface area contributed by atoms with E-state index < -0.39 is 11.0 Å². The van der Waals surface area contributed by atoms with Crippen LogP contribution in [0.25, 0.3) is 10.8 Å². The van der Waals surface area contributed by atoms with Gasteiger partial charge in [0.25, 0.3) is 0 Å². The fourth-order valence-electron chi connectivity index (χ4n) is 1.80. The number of hydrogen-bond acceptors (Lipinski definition) is 3. The molecule has 106 valence electrons. The van der Waals surface area contributed by atoms with E-state index in [9.17, 15) is 4.79 Å². The molecule has 4 heteroatoms. The second kappa shape index (κ2) is 4.87. The first-order valence-electron chi connectivity index (χ1n) is 6.66. The summed E-state index contributed by atoms with van der Waals surface area (Å²) in [5, 5.41) is 4.95. The highest BCUT2D eigenvalue weighted by Crippen LogP contribution is 2.31. The summed E-state index contributed by atoms with van der Waals surface area (Å²) in [4.78, 5) is 16.6. The maximum Gasteiger partial charge on any atom is 0.231 e. The van der Waals surface area contributed by atoms with Gasteiger partial charge in [-0.3, -0.25) is 9.78 Å². The van der Waals surface area contributed by atoms with Crippen molar-refractivity contribution >= 4 is 22.4 Å². The SMILES string of the molecule is CC(C)(N)C(C)(C)C(=O)Nc1cccc2cnccc12. The highest BCUT2D eigenvalue weighted by Gasteiger charge is 2.40. The number of carbonyl (C=O) groups excluding carboxylic acids is 1. The summed E-state index contributed by atoms with van der Waals surface area (Å²) in [7, 11) is 0. The van der Waals surface area contributed by atoms with Gasteiger partial charge in [0.1, 0.15) is 0 Å². The number of aromatic nitrogens is 1. The molecular weight excluding hydrogens is 250 g/mol. The minimum atomic E-state index is -0.678. The zero-order chi connectivity index (χ0) is 15.0. The van der Waals surface area contributed by atoms with Crippen LogP contribution in [0.4, 0.5) is 5.69 Å². The Morgan fingerprint density at radius 1 is 1.20 bits per heavy atom. The summed E-state index contributed by atoms with van der Waals surface area (Å²) >= 11 is 0. The lowest BCUT2D eigenvalue weighted by molar-refractivity contribution is -0.126. The molecule has 0 aliphatic heterocycles. The van der Waals surface area contributed by atoms with E-state index in [1.807, 2.05) is 52.0 Å². The molecule has 2 aromatic rings. The first-order chi connectivity index (χ1) is 9.23. The number of fused-ring (bicyclic) bond motifs is 1. The summed E-state index contributed by atoms with van der Waals surface area (Å²) in [6.07, 6.45) is 3.50. The number of amides is 1. The summed E-state index contributed by atoms with van der Waals surface area (Å²) in [5.74, 6) is -0.0886. The molecule has 0 radical (unpaired) electrons. The number of anilines is 1. The number of hydrogen-bond donors (Lipinski definition) is 2. The van der Waals surface area contributed by atoms with Crippen molar-refractivity contribution in [3.8, 4) is 0 Å². The van der Waals surface area contributed by atoms with Crippen molar-refractivity contribution in [1.82, 2.24) is 4.98 Å². The Balaban J connectivity index is 2.36. The van der Waals surface area contributed by atoms with E-state index in [2.05, 4.69) is 10.3 Å². The summed E-state index contributed by atoms with van der Waals surface area (Å²) in [6, 6.07) is 7.65. The van der Waals surface area contributed by atoms with Crippen molar-refractivity contribution in [3.05, 3.63) is 36.7 Å². The van der Waals surface area contributed by atoms with Gasteiger partial charge in [-0.05, 0) is 39.8 Å². The predicted molar refractivity (Wildman–Crippen MR) is 82.4 cm³/mol. The van der Waals surface area contributed by atoms with Crippen molar-refractivity contribution < 1.29 is 4.79 Å². The minimum Gasteiger partial charge on any atom is -0.325 e.